The molecule has 0 aliphatic carbocycles. The topological polar surface area (TPSA) is 86.8 Å². The summed E-state index contributed by atoms with van der Waals surface area (Å²) in [5.74, 6) is -0.492. The van der Waals surface area contributed by atoms with Crippen molar-refractivity contribution in [3.05, 3.63) is 102 Å². The summed E-state index contributed by atoms with van der Waals surface area (Å²) in [6.45, 7) is 6.19. The molecule has 1 unspecified atom stereocenters. The number of benzene rings is 3. The highest BCUT2D eigenvalue weighted by Crippen LogP contribution is 2.21. The molecule has 0 aliphatic rings. The minimum atomic E-state index is -3.77. The van der Waals surface area contributed by atoms with Crippen LogP contribution in [0.4, 0.5) is 5.69 Å². The third-order valence-electron chi connectivity index (χ3n) is 6.28. The predicted octanol–water partition coefficient (Wildman–Crippen LogP) is 4.17. The minimum Gasteiger partial charge on any atom is -0.354 e. The lowest BCUT2D eigenvalue weighted by atomic mass is 10.0. The van der Waals surface area contributed by atoms with Gasteiger partial charge in [0.05, 0.1) is 11.9 Å². The Hall–Kier alpha value is -3.65. The Morgan fingerprint density at radius 2 is 1.45 bits per heavy atom. The number of rotatable bonds is 12. The quantitative estimate of drug-likeness (QED) is 0.377. The maximum absolute atomic E-state index is 14.0. The van der Waals surface area contributed by atoms with Crippen molar-refractivity contribution in [3.8, 4) is 0 Å². The van der Waals surface area contributed by atoms with Crippen molar-refractivity contribution in [2.75, 3.05) is 23.7 Å². The van der Waals surface area contributed by atoms with Gasteiger partial charge in [-0.05, 0) is 41.7 Å². The van der Waals surface area contributed by atoms with Crippen molar-refractivity contribution < 1.29 is 18.0 Å². The average molecular weight is 536 g/mol. The van der Waals surface area contributed by atoms with Crippen molar-refractivity contribution in [2.45, 2.75) is 39.8 Å². The van der Waals surface area contributed by atoms with Gasteiger partial charge in [0.25, 0.3) is 0 Å². The number of carbonyl (C=O) groups excluding carboxylic acids is 2. The van der Waals surface area contributed by atoms with E-state index in [4.69, 9.17) is 0 Å². The number of carbonyl (C=O) groups is 2. The van der Waals surface area contributed by atoms with Crippen LogP contribution in [0.15, 0.2) is 84.9 Å². The number of amides is 2. The number of sulfonamides is 1. The van der Waals surface area contributed by atoms with Gasteiger partial charge in [0, 0.05) is 19.5 Å². The molecule has 1 atom stereocenters. The summed E-state index contributed by atoms with van der Waals surface area (Å²) in [4.78, 5) is 29.1. The van der Waals surface area contributed by atoms with Gasteiger partial charge in [-0.3, -0.25) is 13.9 Å². The normalized spacial score (nSPS) is 12.1. The van der Waals surface area contributed by atoms with Crippen LogP contribution in [-0.4, -0.2) is 50.5 Å². The third kappa shape index (κ3) is 8.18. The zero-order valence-electron chi connectivity index (χ0n) is 22.5. The van der Waals surface area contributed by atoms with E-state index in [1.807, 2.05) is 75.4 Å². The fourth-order valence-corrected chi connectivity index (χ4v) is 5.01. The van der Waals surface area contributed by atoms with Gasteiger partial charge in [-0.1, -0.05) is 86.6 Å². The van der Waals surface area contributed by atoms with Crippen LogP contribution in [0.3, 0.4) is 0 Å². The average Bonchev–Trinajstić information content (AvgIpc) is 2.89. The second kappa shape index (κ2) is 13.2. The molecule has 202 valence electrons. The Balaban J connectivity index is 2.04. The second-order valence-corrected chi connectivity index (χ2v) is 11.8. The highest BCUT2D eigenvalue weighted by Gasteiger charge is 2.33. The van der Waals surface area contributed by atoms with Gasteiger partial charge < -0.3 is 10.2 Å². The minimum absolute atomic E-state index is 0.171. The maximum atomic E-state index is 14.0. The number of para-hydroxylation sites is 1. The van der Waals surface area contributed by atoms with Crippen LogP contribution in [0.5, 0.6) is 0 Å². The molecule has 0 saturated carbocycles. The molecule has 0 aromatic heterocycles. The molecule has 0 fully saturated rings. The first-order chi connectivity index (χ1) is 18.1. The van der Waals surface area contributed by atoms with Gasteiger partial charge in [0.2, 0.25) is 21.8 Å². The molecule has 38 heavy (non-hydrogen) atoms. The van der Waals surface area contributed by atoms with Crippen LogP contribution in [0.2, 0.25) is 0 Å². The van der Waals surface area contributed by atoms with Crippen LogP contribution in [-0.2, 0) is 32.6 Å². The zero-order valence-corrected chi connectivity index (χ0v) is 23.3. The first-order valence-electron chi connectivity index (χ1n) is 12.7. The smallest absolute Gasteiger partial charge is 0.244 e. The molecule has 1 N–H and O–H groups in total. The monoisotopic (exact) mass is 535 g/mol. The van der Waals surface area contributed by atoms with E-state index in [1.54, 1.807) is 30.3 Å². The summed E-state index contributed by atoms with van der Waals surface area (Å²) in [5.41, 5.74) is 3.17. The van der Waals surface area contributed by atoms with Crippen LogP contribution in [0.1, 0.15) is 30.5 Å². The van der Waals surface area contributed by atoms with Gasteiger partial charge >= 0.3 is 0 Å². The Morgan fingerprint density at radius 3 is 2.03 bits per heavy atom. The van der Waals surface area contributed by atoms with Crippen LogP contribution >= 0.6 is 0 Å². The molecule has 3 aromatic carbocycles. The standard InChI is InChI=1S/C30H37N3O4S/c1-23(2)20-31-30(35)28(19-25-14-7-5-8-15-25)32(21-26-16-12-11-13-24(26)3)29(34)22-33(38(4,36)37)27-17-9-6-10-18-27/h5-18,23,28H,19-22H2,1-4H3,(H,31,35). The van der Waals surface area contributed by atoms with Gasteiger partial charge in [-0.2, -0.15) is 0 Å². The highest BCUT2D eigenvalue weighted by molar-refractivity contribution is 7.92. The molecule has 2 amide bonds. The maximum Gasteiger partial charge on any atom is 0.244 e. The van der Waals surface area contributed by atoms with E-state index >= 15 is 0 Å². The largest absolute Gasteiger partial charge is 0.354 e. The van der Waals surface area contributed by atoms with Crippen molar-refractivity contribution >= 4 is 27.5 Å². The van der Waals surface area contributed by atoms with Crippen molar-refractivity contribution in [1.29, 1.82) is 0 Å². The Bertz CT molecular complexity index is 1310. The first-order valence-corrected chi connectivity index (χ1v) is 14.6. The van der Waals surface area contributed by atoms with Crippen LogP contribution < -0.4 is 9.62 Å². The molecule has 3 aromatic rings. The number of aryl methyl sites for hydroxylation is 1. The highest BCUT2D eigenvalue weighted by atomic mass is 32.2. The summed E-state index contributed by atoms with van der Waals surface area (Å²) in [5, 5.41) is 2.99. The van der Waals surface area contributed by atoms with E-state index in [-0.39, 0.29) is 18.4 Å². The van der Waals surface area contributed by atoms with Crippen molar-refractivity contribution in [1.82, 2.24) is 10.2 Å². The third-order valence-corrected chi connectivity index (χ3v) is 7.42. The zero-order chi connectivity index (χ0) is 27.7. The van der Waals surface area contributed by atoms with E-state index in [0.29, 0.717) is 18.7 Å². The van der Waals surface area contributed by atoms with E-state index in [9.17, 15) is 18.0 Å². The van der Waals surface area contributed by atoms with Gasteiger partial charge in [0.15, 0.2) is 0 Å². The second-order valence-electron chi connectivity index (χ2n) is 9.90. The fraction of sp³-hybridized carbons (Fsp3) is 0.333. The molecule has 0 spiro atoms. The van der Waals surface area contributed by atoms with Crippen molar-refractivity contribution in [2.24, 2.45) is 5.92 Å². The Labute approximate surface area is 226 Å². The lowest BCUT2D eigenvalue weighted by Crippen LogP contribution is -2.53. The lowest BCUT2D eigenvalue weighted by molar-refractivity contribution is -0.140. The molecule has 7 nitrogen and oxygen atoms in total. The lowest BCUT2D eigenvalue weighted by Gasteiger charge is -2.34. The van der Waals surface area contributed by atoms with Gasteiger partial charge in [-0.15, -0.1) is 0 Å². The van der Waals surface area contributed by atoms with E-state index in [2.05, 4.69) is 5.32 Å². The number of anilines is 1. The number of hydrogen-bond donors (Lipinski definition) is 1. The summed E-state index contributed by atoms with van der Waals surface area (Å²) in [7, 11) is -3.77. The molecular formula is C30H37N3O4S. The summed E-state index contributed by atoms with van der Waals surface area (Å²) < 4.78 is 26.6. The Morgan fingerprint density at radius 1 is 0.868 bits per heavy atom. The van der Waals surface area contributed by atoms with E-state index in [0.717, 1.165) is 27.3 Å². The predicted molar refractivity (Wildman–Crippen MR) is 152 cm³/mol. The SMILES string of the molecule is Cc1ccccc1CN(C(=O)CN(c1ccccc1)S(C)(=O)=O)C(Cc1ccccc1)C(=O)NCC(C)C. The van der Waals surface area contributed by atoms with E-state index in [1.165, 1.54) is 4.90 Å². The number of nitrogens with zero attached hydrogens (tertiary/aromatic N) is 2. The number of nitrogens with one attached hydrogen (secondary N) is 1. The van der Waals surface area contributed by atoms with Gasteiger partial charge in [0.1, 0.15) is 12.6 Å². The van der Waals surface area contributed by atoms with Crippen LogP contribution in [0, 0.1) is 12.8 Å². The molecule has 0 heterocycles. The molecule has 0 aliphatic heterocycles. The molecular weight excluding hydrogens is 498 g/mol. The Kier molecular flexibility index (Phi) is 10.1. The number of hydrogen-bond acceptors (Lipinski definition) is 4. The van der Waals surface area contributed by atoms with Crippen molar-refractivity contribution in [3.63, 3.8) is 0 Å². The summed E-state index contributed by atoms with van der Waals surface area (Å²) in [6, 6.07) is 24.9. The molecule has 0 bridgehead atoms. The molecule has 0 saturated heterocycles. The first kappa shape index (κ1) is 28.9. The molecule has 3 rings (SSSR count). The van der Waals surface area contributed by atoms with Crippen LogP contribution in [0.25, 0.3) is 0 Å². The summed E-state index contributed by atoms with van der Waals surface area (Å²) in [6.07, 6.45) is 1.38. The fourth-order valence-electron chi connectivity index (χ4n) is 4.16. The summed E-state index contributed by atoms with van der Waals surface area (Å²) >= 11 is 0. The molecule has 0 radical (unpaired) electrons. The van der Waals surface area contributed by atoms with Gasteiger partial charge in [-0.25, -0.2) is 8.42 Å². The molecule has 8 heteroatoms. The van der Waals surface area contributed by atoms with E-state index < -0.39 is 28.5 Å².